The quantitative estimate of drug-likeness (QED) is 0.740. The molecule has 1 aromatic rings. The van der Waals surface area contributed by atoms with E-state index in [0.29, 0.717) is 37.5 Å². The first kappa shape index (κ1) is 20.1. The van der Waals surface area contributed by atoms with Gasteiger partial charge >= 0.3 is 0 Å². The minimum atomic E-state index is -0.121. The standard InChI is InChI=1S/C20H28ClN3O3/c1-22(8-9-23-10-12-27-13-11-23)20(26)17-4-7-19(25)24(15-17)14-16-2-5-18(21)6-3-16/h2-3,5-6,17H,4,7-15H2,1H3/t17-/m0/s1. The van der Waals surface area contributed by atoms with Crippen molar-refractivity contribution in [1.82, 2.24) is 14.7 Å². The molecule has 2 saturated heterocycles. The lowest BCUT2D eigenvalue weighted by atomic mass is 9.95. The fourth-order valence-corrected chi connectivity index (χ4v) is 3.74. The summed E-state index contributed by atoms with van der Waals surface area (Å²) >= 11 is 5.93. The fraction of sp³-hybridized carbons (Fsp3) is 0.600. The predicted octanol–water partition coefficient (Wildman–Crippen LogP) is 1.87. The maximum Gasteiger partial charge on any atom is 0.227 e. The summed E-state index contributed by atoms with van der Waals surface area (Å²) in [5, 5.41) is 0.679. The molecule has 2 heterocycles. The molecule has 0 aromatic heterocycles. The topological polar surface area (TPSA) is 53.1 Å². The highest BCUT2D eigenvalue weighted by Gasteiger charge is 2.31. The normalized spacial score (nSPS) is 21.3. The lowest BCUT2D eigenvalue weighted by molar-refractivity contribution is -0.143. The second-order valence-electron chi connectivity index (χ2n) is 7.35. The van der Waals surface area contributed by atoms with Gasteiger partial charge in [-0.2, -0.15) is 0 Å². The molecule has 1 atom stereocenters. The highest BCUT2D eigenvalue weighted by molar-refractivity contribution is 6.30. The number of rotatable bonds is 6. The van der Waals surface area contributed by atoms with Gasteiger partial charge in [0.2, 0.25) is 11.8 Å². The van der Waals surface area contributed by atoms with Gasteiger partial charge in [0.15, 0.2) is 0 Å². The number of carbonyl (C=O) groups is 2. The number of hydrogen-bond acceptors (Lipinski definition) is 4. The van der Waals surface area contributed by atoms with Crippen LogP contribution in [0.25, 0.3) is 0 Å². The summed E-state index contributed by atoms with van der Waals surface area (Å²) in [6, 6.07) is 7.51. The molecule has 2 fully saturated rings. The average Bonchev–Trinajstić information content (AvgIpc) is 2.69. The predicted molar refractivity (Wildman–Crippen MR) is 104 cm³/mol. The van der Waals surface area contributed by atoms with E-state index in [4.69, 9.17) is 16.3 Å². The van der Waals surface area contributed by atoms with E-state index in [1.807, 2.05) is 36.2 Å². The number of carbonyl (C=O) groups excluding carboxylic acids is 2. The lowest BCUT2D eigenvalue weighted by Gasteiger charge is -2.35. The van der Waals surface area contributed by atoms with Crippen LogP contribution in [-0.2, 0) is 20.9 Å². The van der Waals surface area contributed by atoms with Crippen molar-refractivity contribution < 1.29 is 14.3 Å². The van der Waals surface area contributed by atoms with Crippen LogP contribution in [0.15, 0.2) is 24.3 Å². The van der Waals surface area contributed by atoms with Crippen LogP contribution in [0.4, 0.5) is 0 Å². The number of piperidine rings is 1. The number of ether oxygens (including phenoxy) is 1. The van der Waals surface area contributed by atoms with Gasteiger partial charge in [0.1, 0.15) is 0 Å². The number of hydrogen-bond donors (Lipinski definition) is 0. The van der Waals surface area contributed by atoms with E-state index in [-0.39, 0.29) is 17.7 Å². The summed E-state index contributed by atoms with van der Waals surface area (Å²) in [4.78, 5) is 31.1. The van der Waals surface area contributed by atoms with Crippen LogP contribution < -0.4 is 0 Å². The third kappa shape index (κ3) is 5.67. The SMILES string of the molecule is CN(CCN1CCOCC1)C(=O)[C@H]1CCC(=O)N(Cc2ccc(Cl)cc2)C1. The van der Waals surface area contributed by atoms with Crippen molar-refractivity contribution in [3.63, 3.8) is 0 Å². The molecule has 7 heteroatoms. The first-order chi connectivity index (χ1) is 13.0. The van der Waals surface area contributed by atoms with Gasteiger partial charge in [0.25, 0.3) is 0 Å². The second kappa shape index (κ2) is 9.53. The van der Waals surface area contributed by atoms with Gasteiger partial charge in [-0.05, 0) is 24.1 Å². The summed E-state index contributed by atoms with van der Waals surface area (Å²) in [6.45, 7) is 5.97. The van der Waals surface area contributed by atoms with Crippen LogP contribution in [0.5, 0.6) is 0 Å². The summed E-state index contributed by atoms with van der Waals surface area (Å²) in [7, 11) is 1.86. The first-order valence-electron chi connectivity index (χ1n) is 9.60. The Bertz CT molecular complexity index is 646. The second-order valence-corrected chi connectivity index (χ2v) is 7.79. The summed E-state index contributed by atoms with van der Waals surface area (Å²) in [5.41, 5.74) is 1.03. The van der Waals surface area contributed by atoms with E-state index >= 15 is 0 Å². The highest BCUT2D eigenvalue weighted by Crippen LogP contribution is 2.22. The van der Waals surface area contributed by atoms with Crippen molar-refractivity contribution >= 4 is 23.4 Å². The molecule has 0 unspecified atom stereocenters. The van der Waals surface area contributed by atoms with E-state index in [1.165, 1.54) is 0 Å². The van der Waals surface area contributed by atoms with E-state index in [2.05, 4.69) is 4.90 Å². The van der Waals surface area contributed by atoms with Gasteiger partial charge in [0.05, 0.1) is 19.1 Å². The third-order valence-corrected chi connectivity index (χ3v) is 5.62. The molecule has 0 spiro atoms. The van der Waals surface area contributed by atoms with Gasteiger partial charge in [0, 0.05) is 57.8 Å². The van der Waals surface area contributed by atoms with Crippen molar-refractivity contribution in [3.8, 4) is 0 Å². The Kier molecular flexibility index (Phi) is 7.10. The number of likely N-dealkylation sites (N-methyl/N-ethyl adjacent to an activating group) is 1. The highest BCUT2D eigenvalue weighted by atomic mass is 35.5. The molecule has 0 N–H and O–H groups in total. The molecular formula is C20H28ClN3O3. The number of morpholine rings is 1. The van der Waals surface area contributed by atoms with Gasteiger partial charge in [-0.15, -0.1) is 0 Å². The van der Waals surface area contributed by atoms with Crippen molar-refractivity contribution in [2.75, 3.05) is 53.0 Å². The molecule has 3 rings (SSSR count). The van der Waals surface area contributed by atoms with E-state index in [1.54, 1.807) is 4.90 Å². The van der Waals surface area contributed by atoms with Crippen molar-refractivity contribution in [3.05, 3.63) is 34.9 Å². The first-order valence-corrected chi connectivity index (χ1v) is 9.98. The number of nitrogens with zero attached hydrogens (tertiary/aromatic N) is 3. The number of amides is 2. The largest absolute Gasteiger partial charge is 0.379 e. The van der Waals surface area contributed by atoms with Crippen LogP contribution in [-0.4, -0.2) is 79.5 Å². The number of benzene rings is 1. The van der Waals surface area contributed by atoms with E-state index < -0.39 is 0 Å². The Morgan fingerprint density at radius 3 is 2.67 bits per heavy atom. The van der Waals surface area contributed by atoms with Crippen molar-refractivity contribution in [2.24, 2.45) is 5.92 Å². The zero-order valence-electron chi connectivity index (χ0n) is 15.9. The Balaban J connectivity index is 1.51. The molecule has 27 heavy (non-hydrogen) atoms. The summed E-state index contributed by atoms with van der Waals surface area (Å²) in [5.74, 6) is 0.131. The third-order valence-electron chi connectivity index (χ3n) is 5.37. The van der Waals surface area contributed by atoms with Gasteiger partial charge < -0.3 is 14.5 Å². The van der Waals surface area contributed by atoms with Crippen LogP contribution >= 0.6 is 11.6 Å². The Labute approximate surface area is 166 Å². The Morgan fingerprint density at radius 1 is 1.26 bits per heavy atom. The van der Waals surface area contributed by atoms with Gasteiger partial charge in [-0.3, -0.25) is 14.5 Å². The van der Waals surface area contributed by atoms with Crippen LogP contribution in [0.1, 0.15) is 18.4 Å². The molecule has 0 radical (unpaired) electrons. The molecule has 2 aliphatic rings. The molecular weight excluding hydrogens is 366 g/mol. The van der Waals surface area contributed by atoms with Crippen molar-refractivity contribution in [1.29, 1.82) is 0 Å². The molecule has 0 aliphatic carbocycles. The Morgan fingerprint density at radius 2 is 1.96 bits per heavy atom. The summed E-state index contributed by atoms with van der Waals surface area (Å²) < 4.78 is 5.36. The molecule has 148 valence electrons. The summed E-state index contributed by atoms with van der Waals surface area (Å²) in [6.07, 6.45) is 1.07. The average molecular weight is 394 g/mol. The smallest absolute Gasteiger partial charge is 0.227 e. The van der Waals surface area contributed by atoms with Crippen LogP contribution in [0.3, 0.4) is 0 Å². The van der Waals surface area contributed by atoms with Gasteiger partial charge in [-0.25, -0.2) is 0 Å². The van der Waals surface area contributed by atoms with Gasteiger partial charge in [-0.1, -0.05) is 23.7 Å². The minimum Gasteiger partial charge on any atom is -0.379 e. The van der Waals surface area contributed by atoms with Crippen LogP contribution in [0, 0.1) is 5.92 Å². The van der Waals surface area contributed by atoms with Crippen LogP contribution in [0.2, 0.25) is 5.02 Å². The fourth-order valence-electron chi connectivity index (χ4n) is 3.62. The minimum absolute atomic E-state index is 0.116. The van der Waals surface area contributed by atoms with E-state index in [9.17, 15) is 9.59 Å². The molecule has 0 saturated carbocycles. The molecule has 6 nitrogen and oxygen atoms in total. The molecule has 2 amide bonds. The zero-order valence-corrected chi connectivity index (χ0v) is 16.7. The monoisotopic (exact) mass is 393 g/mol. The zero-order chi connectivity index (χ0) is 19.2. The molecule has 0 bridgehead atoms. The molecule has 2 aliphatic heterocycles. The van der Waals surface area contributed by atoms with Crippen molar-refractivity contribution in [2.45, 2.75) is 19.4 Å². The van der Waals surface area contributed by atoms with E-state index in [0.717, 1.165) is 38.4 Å². The number of likely N-dealkylation sites (tertiary alicyclic amines) is 1. The maximum absolute atomic E-state index is 12.8. The lowest BCUT2D eigenvalue weighted by Crippen LogP contribution is -2.47. The molecule has 1 aromatic carbocycles. The Hall–Kier alpha value is -1.63. The maximum atomic E-state index is 12.8. The number of halogens is 1.